The van der Waals surface area contributed by atoms with Gasteiger partial charge < -0.3 is 14.4 Å². The molecule has 1 N–H and O–H groups in total. The van der Waals surface area contributed by atoms with Crippen molar-refractivity contribution in [2.75, 3.05) is 6.61 Å². The molecule has 0 bridgehead atoms. The number of fused-ring (bicyclic) bond motifs is 1. The van der Waals surface area contributed by atoms with Gasteiger partial charge in [0.25, 0.3) is 5.56 Å². The Morgan fingerprint density at radius 2 is 2.04 bits per heavy atom. The van der Waals surface area contributed by atoms with Crippen LogP contribution >= 0.6 is 0 Å². The number of rotatable bonds is 5. The number of aliphatic hydroxyl groups excluding tert-OH is 1. The molecule has 0 spiro atoms. The second-order valence-electron chi connectivity index (χ2n) is 5.69. The lowest BCUT2D eigenvalue weighted by molar-refractivity contribution is 0.0906. The molecule has 126 valence electrons. The largest absolute Gasteiger partial charge is 0.488 e. The molecular formula is C17H18FN3O3. The Balaban J connectivity index is 1.79. The maximum Gasteiger partial charge on any atom is 0.274 e. The van der Waals surface area contributed by atoms with Crippen LogP contribution in [-0.2, 0) is 6.54 Å². The summed E-state index contributed by atoms with van der Waals surface area (Å²) in [5.41, 5.74) is 1.80. The van der Waals surface area contributed by atoms with Crippen LogP contribution in [0.3, 0.4) is 0 Å². The van der Waals surface area contributed by atoms with Crippen molar-refractivity contribution >= 4 is 5.65 Å². The van der Waals surface area contributed by atoms with E-state index in [4.69, 9.17) is 4.74 Å². The number of aromatic nitrogens is 3. The highest BCUT2D eigenvalue weighted by Gasteiger charge is 2.14. The summed E-state index contributed by atoms with van der Waals surface area (Å²) in [5.74, 6) is -0.378. The van der Waals surface area contributed by atoms with Crippen LogP contribution in [0.15, 0.2) is 41.2 Å². The lowest BCUT2D eigenvalue weighted by Gasteiger charge is -2.17. The van der Waals surface area contributed by atoms with E-state index in [1.54, 1.807) is 36.6 Å². The molecule has 2 aromatic heterocycles. The molecule has 3 rings (SSSR count). The fourth-order valence-electron chi connectivity index (χ4n) is 2.59. The molecular weight excluding hydrogens is 313 g/mol. The zero-order valence-electron chi connectivity index (χ0n) is 13.4. The monoisotopic (exact) mass is 331 g/mol. The van der Waals surface area contributed by atoms with Gasteiger partial charge in [-0.1, -0.05) is 12.1 Å². The molecule has 1 aromatic carbocycles. The van der Waals surface area contributed by atoms with Gasteiger partial charge in [-0.05, 0) is 26.0 Å². The molecule has 0 amide bonds. The summed E-state index contributed by atoms with van der Waals surface area (Å²) in [7, 11) is 0. The number of nitrogens with zero attached hydrogens (tertiary/aromatic N) is 3. The molecule has 1 atom stereocenters. The summed E-state index contributed by atoms with van der Waals surface area (Å²) in [6.07, 6.45) is -0.871. The first-order chi connectivity index (χ1) is 11.5. The minimum absolute atomic E-state index is 0.0637. The third-order valence-electron chi connectivity index (χ3n) is 3.72. The Labute approximate surface area is 137 Å². The molecule has 0 aliphatic carbocycles. The van der Waals surface area contributed by atoms with E-state index in [2.05, 4.69) is 5.10 Å². The van der Waals surface area contributed by atoms with Crippen LogP contribution < -0.4 is 10.3 Å². The highest BCUT2D eigenvalue weighted by molar-refractivity contribution is 5.41. The lowest BCUT2D eigenvalue weighted by atomic mass is 10.3. The summed E-state index contributed by atoms with van der Waals surface area (Å²) < 4.78 is 21.9. The first-order valence-electron chi connectivity index (χ1n) is 7.58. The molecule has 3 aromatic rings. The molecule has 7 heteroatoms. The number of para-hydroxylation sites is 1. The van der Waals surface area contributed by atoms with Crippen molar-refractivity contribution in [1.82, 2.24) is 14.2 Å². The quantitative estimate of drug-likeness (QED) is 0.772. The topological polar surface area (TPSA) is 68.8 Å². The van der Waals surface area contributed by atoms with Crippen molar-refractivity contribution in [1.29, 1.82) is 0 Å². The van der Waals surface area contributed by atoms with Gasteiger partial charge in [-0.2, -0.15) is 9.61 Å². The van der Waals surface area contributed by atoms with Crippen LogP contribution in [0.2, 0.25) is 0 Å². The van der Waals surface area contributed by atoms with Crippen molar-refractivity contribution in [2.24, 2.45) is 0 Å². The maximum atomic E-state index is 13.5. The Hall–Kier alpha value is -2.67. The molecule has 0 fully saturated rings. The van der Waals surface area contributed by atoms with Gasteiger partial charge in [0.05, 0.1) is 12.2 Å². The number of hydrogen-bond acceptors (Lipinski definition) is 4. The van der Waals surface area contributed by atoms with E-state index >= 15 is 0 Å². The number of hydrogen-bond donors (Lipinski definition) is 1. The Bertz CT molecular complexity index is 932. The van der Waals surface area contributed by atoms with Gasteiger partial charge in [0, 0.05) is 17.8 Å². The molecule has 0 saturated carbocycles. The predicted octanol–water partition coefficient (Wildman–Crippen LogP) is 1.69. The molecule has 0 aliphatic heterocycles. The van der Waals surface area contributed by atoms with Crippen molar-refractivity contribution in [3.8, 4) is 5.75 Å². The summed E-state index contributed by atoms with van der Waals surface area (Å²) in [5, 5.41) is 14.4. The highest BCUT2D eigenvalue weighted by Crippen LogP contribution is 2.16. The third-order valence-corrected chi connectivity index (χ3v) is 3.72. The minimum Gasteiger partial charge on any atom is -0.488 e. The molecule has 6 nitrogen and oxygen atoms in total. The average molecular weight is 331 g/mol. The van der Waals surface area contributed by atoms with Gasteiger partial charge in [-0.25, -0.2) is 4.39 Å². The van der Waals surface area contributed by atoms with Gasteiger partial charge in [0.2, 0.25) is 0 Å². The SMILES string of the molecule is Cc1cc2n(C[C@H](O)COc3ccccc3F)c(C)cc(=O)n2n1. The number of benzene rings is 1. The number of ether oxygens (including phenoxy) is 1. The molecule has 0 unspecified atom stereocenters. The zero-order chi connectivity index (χ0) is 17.3. The van der Waals surface area contributed by atoms with E-state index in [1.807, 2.05) is 0 Å². The van der Waals surface area contributed by atoms with Crippen LogP contribution in [0, 0.1) is 19.7 Å². The van der Waals surface area contributed by atoms with Crippen molar-refractivity contribution in [3.63, 3.8) is 0 Å². The van der Waals surface area contributed by atoms with E-state index in [-0.39, 0.29) is 24.5 Å². The molecule has 2 heterocycles. The smallest absolute Gasteiger partial charge is 0.274 e. The summed E-state index contributed by atoms with van der Waals surface area (Å²) >= 11 is 0. The van der Waals surface area contributed by atoms with Crippen LogP contribution in [0.1, 0.15) is 11.4 Å². The minimum atomic E-state index is -0.871. The number of aliphatic hydroxyl groups is 1. The molecule has 0 saturated heterocycles. The number of halogens is 1. The van der Waals surface area contributed by atoms with Gasteiger partial charge in [0.15, 0.2) is 11.6 Å². The van der Waals surface area contributed by atoms with E-state index < -0.39 is 11.9 Å². The van der Waals surface area contributed by atoms with Crippen molar-refractivity contribution in [2.45, 2.75) is 26.5 Å². The van der Waals surface area contributed by atoms with Crippen LogP contribution in [0.5, 0.6) is 5.75 Å². The standard InChI is InChI=1S/C17H18FN3O3/c1-11-7-16-20(12(2)8-17(23)21(16)19-11)9-13(22)10-24-15-6-4-3-5-14(15)18/h3-8,13,22H,9-10H2,1-2H3/t13-/m0/s1. The van der Waals surface area contributed by atoms with Crippen LogP contribution in [-0.4, -0.2) is 32.0 Å². The van der Waals surface area contributed by atoms with Crippen molar-refractivity contribution < 1.29 is 14.2 Å². The van der Waals surface area contributed by atoms with E-state index in [0.717, 1.165) is 0 Å². The fraction of sp³-hybridized carbons (Fsp3) is 0.294. The van der Waals surface area contributed by atoms with Gasteiger partial charge in [-0.3, -0.25) is 4.79 Å². The van der Waals surface area contributed by atoms with Gasteiger partial charge in [-0.15, -0.1) is 0 Å². The van der Waals surface area contributed by atoms with E-state index in [0.29, 0.717) is 17.0 Å². The van der Waals surface area contributed by atoms with Gasteiger partial charge >= 0.3 is 0 Å². The van der Waals surface area contributed by atoms with E-state index in [9.17, 15) is 14.3 Å². The molecule has 24 heavy (non-hydrogen) atoms. The molecule has 0 radical (unpaired) electrons. The van der Waals surface area contributed by atoms with Crippen LogP contribution in [0.25, 0.3) is 5.65 Å². The second kappa shape index (κ2) is 6.45. The summed E-state index contributed by atoms with van der Waals surface area (Å²) in [4.78, 5) is 12.0. The first kappa shape index (κ1) is 16.2. The third kappa shape index (κ3) is 3.16. The number of aryl methyl sites for hydroxylation is 2. The maximum absolute atomic E-state index is 13.5. The Morgan fingerprint density at radius 1 is 1.29 bits per heavy atom. The summed E-state index contributed by atoms with van der Waals surface area (Å²) in [6.45, 7) is 3.72. The normalized spacial score (nSPS) is 12.5. The lowest BCUT2D eigenvalue weighted by Crippen LogP contribution is -2.28. The average Bonchev–Trinajstić information content (AvgIpc) is 2.93. The summed E-state index contributed by atoms with van der Waals surface area (Å²) in [6, 6.07) is 9.27. The van der Waals surface area contributed by atoms with Crippen molar-refractivity contribution in [3.05, 3.63) is 64.0 Å². The first-order valence-corrected chi connectivity index (χ1v) is 7.58. The second-order valence-corrected chi connectivity index (χ2v) is 5.69. The van der Waals surface area contributed by atoms with Crippen LogP contribution in [0.4, 0.5) is 4.39 Å². The Morgan fingerprint density at radius 3 is 2.79 bits per heavy atom. The fourth-order valence-corrected chi connectivity index (χ4v) is 2.59. The molecule has 0 aliphatic rings. The van der Waals surface area contributed by atoms with Gasteiger partial charge in [0.1, 0.15) is 18.4 Å². The highest BCUT2D eigenvalue weighted by atomic mass is 19.1. The predicted molar refractivity (Wildman–Crippen MR) is 86.8 cm³/mol. The van der Waals surface area contributed by atoms with E-state index in [1.165, 1.54) is 22.7 Å². The Kier molecular flexibility index (Phi) is 4.35. The zero-order valence-corrected chi connectivity index (χ0v) is 13.4.